The molecule has 0 amide bonds. The first-order valence-corrected chi connectivity index (χ1v) is 5.30. The van der Waals surface area contributed by atoms with Gasteiger partial charge in [-0.05, 0) is 31.0 Å². The van der Waals surface area contributed by atoms with Gasteiger partial charge in [0, 0.05) is 6.21 Å². The third-order valence-electron chi connectivity index (χ3n) is 2.16. The second-order valence-electron chi connectivity index (χ2n) is 3.57. The summed E-state index contributed by atoms with van der Waals surface area (Å²) in [4.78, 5) is 5.04. The van der Waals surface area contributed by atoms with Gasteiger partial charge in [0.25, 0.3) is 0 Å². The van der Waals surface area contributed by atoms with E-state index in [0.29, 0.717) is 5.56 Å². The minimum Gasteiger partial charge on any atom is -0.388 e. The van der Waals surface area contributed by atoms with Crippen molar-refractivity contribution < 1.29 is 18.0 Å². The molecule has 0 aliphatic carbocycles. The van der Waals surface area contributed by atoms with E-state index in [9.17, 15) is 13.2 Å². The number of hydrogen-bond donors (Lipinski definition) is 0. The molecule has 17 heavy (non-hydrogen) atoms. The number of nitrogens with zero attached hydrogens (tertiary/aromatic N) is 1. The number of hydrogen-bond acceptors (Lipinski definition) is 2. The van der Waals surface area contributed by atoms with Gasteiger partial charge in [-0.2, -0.15) is 13.2 Å². The van der Waals surface area contributed by atoms with Crippen LogP contribution in [-0.4, -0.2) is 6.21 Å². The Bertz CT molecular complexity index is 388. The average Bonchev–Trinajstić information content (AvgIpc) is 2.28. The molecule has 0 heterocycles. The fourth-order valence-corrected chi connectivity index (χ4v) is 1.24. The highest BCUT2D eigenvalue weighted by Gasteiger charge is 2.30. The monoisotopic (exact) mass is 245 g/mol. The summed E-state index contributed by atoms with van der Waals surface area (Å²) in [5.41, 5.74) is -0.224. The highest BCUT2D eigenvalue weighted by atomic mass is 19.4. The lowest BCUT2D eigenvalue weighted by molar-refractivity contribution is -0.137. The summed E-state index contributed by atoms with van der Waals surface area (Å²) < 4.78 is 37.4. The van der Waals surface area contributed by atoms with Crippen molar-refractivity contribution in [2.75, 3.05) is 0 Å². The Kier molecular flexibility index (Phi) is 4.54. The van der Waals surface area contributed by atoms with Crippen molar-refractivity contribution in [3.63, 3.8) is 0 Å². The Morgan fingerprint density at radius 1 is 1.41 bits per heavy atom. The van der Waals surface area contributed by atoms with Crippen LogP contribution in [0.25, 0.3) is 0 Å². The molecule has 2 nitrogen and oxygen atoms in total. The minimum atomic E-state index is -4.33. The first kappa shape index (κ1) is 13.5. The van der Waals surface area contributed by atoms with Crippen molar-refractivity contribution in [2.24, 2.45) is 5.16 Å². The Morgan fingerprint density at radius 2 is 2.12 bits per heavy atom. The van der Waals surface area contributed by atoms with Gasteiger partial charge in [0.2, 0.25) is 0 Å². The van der Waals surface area contributed by atoms with E-state index in [4.69, 9.17) is 4.84 Å². The van der Waals surface area contributed by atoms with E-state index in [2.05, 4.69) is 5.16 Å². The van der Waals surface area contributed by atoms with Crippen LogP contribution in [0.5, 0.6) is 0 Å². The molecule has 0 bridgehead atoms. The molecule has 0 N–H and O–H groups in total. The SMILES string of the molecule is CCC=NOC(C)c1cccc(C(F)(F)F)c1. The van der Waals surface area contributed by atoms with Gasteiger partial charge in [-0.15, -0.1) is 0 Å². The zero-order valence-corrected chi connectivity index (χ0v) is 9.66. The Morgan fingerprint density at radius 3 is 2.71 bits per heavy atom. The Balaban J connectivity index is 2.81. The van der Waals surface area contributed by atoms with Crippen molar-refractivity contribution >= 4 is 6.21 Å². The molecule has 0 aliphatic heterocycles. The molecule has 0 saturated carbocycles. The number of benzene rings is 1. The van der Waals surface area contributed by atoms with Gasteiger partial charge in [-0.3, -0.25) is 0 Å². The summed E-state index contributed by atoms with van der Waals surface area (Å²) in [5.74, 6) is 0. The first-order valence-electron chi connectivity index (χ1n) is 5.30. The molecule has 94 valence electrons. The van der Waals surface area contributed by atoms with Crippen LogP contribution in [0.1, 0.15) is 37.5 Å². The first-order chi connectivity index (χ1) is 7.95. The van der Waals surface area contributed by atoms with E-state index in [0.717, 1.165) is 18.6 Å². The van der Waals surface area contributed by atoms with Gasteiger partial charge in [-0.25, -0.2) is 0 Å². The van der Waals surface area contributed by atoms with E-state index in [1.807, 2.05) is 6.92 Å². The maximum Gasteiger partial charge on any atom is 0.416 e. The smallest absolute Gasteiger partial charge is 0.388 e. The molecular formula is C12H14F3NO. The van der Waals surface area contributed by atoms with Gasteiger partial charge in [0.15, 0.2) is 0 Å². The molecule has 1 unspecified atom stereocenters. The van der Waals surface area contributed by atoms with Crippen LogP contribution in [0.3, 0.4) is 0 Å². The van der Waals surface area contributed by atoms with E-state index in [-0.39, 0.29) is 0 Å². The number of alkyl halides is 3. The van der Waals surface area contributed by atoms with Crippen LogP contribution in [0.4, 0.5) is 13.2 Å². The number of rotatable bonds is 4. The van der Waals surface area contributed by atoms with E-state index in [1.165, 1.54) is 6.07 Å². The van der Waals surface area contributed by atoms with Crippen LogP contribution in [0, 0.1) is 0 Å². The van der Waals surface area contributed by atoms with Crippen molar-refractivity contribution in [1.82, 2.24) is 0 Å². The zero-order chi connectivity index (χ0) is 12.9. The molecule has 0 saturated heterocycles. The van der Waals surface area contributed by atoms with Crippen LogP contribution in [0.15, 0.2) is 29.4 Å². The van der Waals surface area contributed by atoms with Crippen LogP contribution < -0.4 is 0 Å². The predicted molar refractivity (Wildman–Crippen MR) is 59.7 cm³/mol. The standard InChI is InChI=1S/C12H14F3NO/c1-3-7-16-17-9(2)10-5-4-6-11(8-10)12(13,14)15/h4-9H,3H2,1-2H3. The maximum atomic E-state index is 12.5. The van der Waals surface area contributed by atoms with Crippen LogP contribution in [-0.2, 0) is 11.0 Å². The number of oxime groups is 1. The van der Waals surface area contributed by atoms with Crippen molar-refractivity contribution in [1.29, 1.82) is 0 Å². The van der Waals surface area contributed by atoms with Crippen LogP contribution in [0.2, 0.25) is 0 Å². The second-order valence-corrected chi connectivity index (χ2v) is 3.57. The number of halogens is 3. The van der Waals surface area contributed by atoms with Crippen LogP contribution >= 0.6 is 0 Å². The molecule has 1 atom stereocenters. The topological polar surface area (TPSA) is 21.6 Å². The summed E-state index contributed by atoms with van der Waals surface area (Å²) in [6, 6.07) is 5.06. The van der Waals surface area contributed by atoms with Crippen molar-refractivity contribution in [3.8, 4) is 0 Å². The second kappa shape index (κ2) is 5.70. The molecule has 0 spiro atoms. The molecule has 0 aromatic heterocycles. The highest BCUT2D eigenvalue weighted by Crippen LogP contribution is 2.31. The normalized spacial score (nSPS) is 13.9. The lowest BCUT2D eigenvalue weighted by Gasteiger charge is -2.12. The van der Waals surface area contributed by atoms with Crippen molar-refractivity contribution in [3.05, 3.63) is 35.4 Å². The molecule has 0 fully saturated rings. The minimum absolute atomic E-state index is 0.452. The molecule has 1 aromatic rings. The van der Waals surface area contributed by atoms with E-state index >= 15 is 0 Å². The quantitative estimate of drug-likeness (QED) is 0.576. The third-order valence-corrected chi connectivity index (χ3v) is 2.16. The fraction of sp³-hybridized carbons (Fsp3) is 0.417. The highest BCUT2D eigenvalue weighted by molar-refractivity contribution is 5.55. The van der Waals surface area contributed by atoms with Gasteiger partial charge in [0.05, 0.1) is 5.56 Å². The van der Waals surface area contributed by atoms with Gasteiger partial charge >= 0.3 is 6.18 Å². The summed E-state index contributed by atoms with van der Waals surface area (Å²) in [7, 11) is 0. The van der Waals surface area contributed by atoms with Gasteiger partial charge in [0.1, 0.15) is 6.10 Å². The lowest BCUT2D eigenvalue weighted by Crippen LogP contribution is -2.06. The largest absolute Gasteiger partial charge is 0.416 e. The van der Waals surface area contributed by atoms with E-state index in [1.54, 1.807) is 19.2 Å². The van der Waals surface area contributed by atoms with Gasteiger partial charge in [-0.1, -0.05) is 24.2 Å². The molecule has 5 heteroatoms. The Hall–Kier alpha value is -1.52. The van der Waals surface area contributed by atoms with Crippen molar-refractivity contribution in [2.45, 2.75) is 32.5 Å². The summed E-state index contributed by atoms with van der Waals surface area (Å²) in [5, 5.41) is 3.65. The summed E-state index contributed by atoms with van der Waals surface area (Å²) >= 11 is 0. The lowest BCUT2D eigenvalue weighted by atomic mass is 10.1. The molecular weight excluding hydrogens is 231 g/mol. The zero-order valence-electron chi connectivity index (χ0n) is 9.66. The molecule has 0 aliphatic rings. The summed E-state index contributed by atoms with van der Waals surface area (Å²) in [6.07, 6.45) is -2.55. The fourth-order valence-electron chi connectivity index (χ4n) is 1.24. The van der Waals surface area contributed by atoms with Gasteiger partial charge < -0.3 is 4.84 Å². The summed E-state index contributed by atoms with van der Waals surface area (Å²) in [6.45, 7) is 3.55. The molecule has 1 aromatic carbocycles. The van der Waals surface area contributed by atoms with E-state index < -0.39 is 17.8 Å². The molecule has 0 radical (unpaired) electrons. The Labute approximate surface area is 98.1 Å². The average molecular weight is 245 g/mol. The predicted octanol–water partition coefficient (Wildman–Crippen LogP) is 4.18. The maximum absolute atomic E-state index is 12.5. The third kappa shape index (κ3) is 4.09. The molecule has 1 rings (SSSR count).